The lowest BCUT2D eigenvalue weighted by molar-refractivity contribution is 0.0869. The number of hydrogen-bond donors (Lipinski definition) is 1. The van der Waals surface area contributed by atoms with Crippen LogP contribution in [-0.2, 0) is 16.4 Å². The van der Waals surface area contributed by atoms with Gasteiger partial charge in [0, 0.05) is 13.1 Å². The fraction of sp³-hybridized carbons (Fsp3) is 0.381. The van der Waals surface area contributed by atoms with Crippen molar-refractivity contribution in [1.82, 2.24) is 9.62 Å². The van der Waals surface area contributed by atoms with Crippen molar-refractivity contribution in [1.29, 1.82) is 0 Å². The Morgan fingerprint density at radius 3 is 2.66 bits per heavy atom. The Kier molecular flexibility index (Phi) is 6.82. The number of halogens is 1. The molecule has 1 N–H and O–H groups in total. The number of amides is 1. The summed E-state index contributed by atoms with van der Waals surface area (Å²) in [6, 6.07) is 14.5. The minimum atomic E-state index is -3.69. The topological polar surface area (TPSA) is 75.7 Å². The van der Waals surface area contributed by atoms with Gasteiger partial charge >= 0.3 is 0 Å². The number of unbranched alkanes of at least 4 members (excludes halogenated alkanes) is 1. The number of nitrogens with zero attached hydrogens (tertiary/aromatic N) is 1. The maximum Gasteiger partial charge on any atom is 0.269 e. The van der Waals surface area contributed by atoms with Gasteiger partial charge in [0.15, 0.2) is 0 Å². The molecule has 0 fully saturated rings. The number of ether oxygens (including phenoxy) is 1. The molecule has 2 aromatic rings. The van der Waals surface area contributed by atoms with E-state index in [1.165, 1.54) is 11.6 Å². The summed E-state index contributed by atoms with van der Waals surface area (Å²) in [5, 5.41) is 3.38. The highest BCUT2D eigenvalue weighted by atomic mass is 35.5. The van der Waals surface area contributed by atoms with Crippen LogP contribution in [0.15, 0.2) is 53.4 Å². The van der Waals surface area contributed by atoms with Gasteiger partial charge in [-0.15, -0.1) is 12.4 Å². The Balaban J connectivity index is 0.00000240. The van der Waals surface area contributed by atoms with E-state index in [0.29, 0.717) is 6.42 Å². The zero-order valence-electron chi connectivity index (χ0n) is 16.0. The van der Waals surface area contributed by atoms with Crippen LogP contribution in [0.2, 0.25) is 0 Å². The van der Waals surface area contributed by atoms with Crippen LogP contribution in [0.1, 0.15) is 35.2 Å². The highest BCUT2D eigenvalue weighted by molar-refractivity contribution is 7.90. The summed E-state index contributed by atoms with van der Waals surface area (Å²) in [6.45, 7) is 1.74. The Labute approximate surface area is 177 Å². The van der Waals surface area contributed by atoms with Crippen LogP contribution in [0, 0.1) is 0 Å². The van der Waals surface area contributed by atoms with E-state index in [9.17, 15) is 13.2 Å². The minimum Gasteiger partial charge on any atom is -0.489 e. The van der Waals surface area contributed by atoms with E-state index in [1.54, 1.807) is 18.2 Å². The Bertz CT molecular complexity index is 980. The molecule has 2 heterocycles. The molecule has 0 spiro atoms. The molecule has 2 aromatic carbocycles. The number of para-hydroxylation sites is 1. The first-order valence-electron chi connectivity index (χ1n) is 9.69. The van der Waals surface area contributed by atoms with Crippen molar-refractivity contribution < 1.29 is 17.9 Å². The first kappa shape index (κ1) is 21.6. The molecular weight excluding hydrogens is 412 g/mol. The Morgan fingerprint density at radius 1 is 1.07 bits per heavy atom. The van der Waals surface area contributed by atoms with Gasteiger partial charge < -0.3 is 10.1 Å². The molecule has 2 aliphatic heterocycles. The van der Waals surface area contributed by atoms with E-state index in [-0.39, 0.29) is 35.5 Å². The Morgan fingerprint density at radius 2 is 1.83 bits per heavy atom. The average molecular weight is 437 g/mol. The lowest BCUT2D eigenvalue weighted by Gasteiger charge is -2.26. The van der Waals surface area contributed by atoms with Crippen LogP contribution < -0.4 is 10.1 Å². The van der Waals surface area contributed by atoms with Crippen molar-refractivity contribution in [3.05, 3.63) is 59.7 Å². The van der Waals surface area contributed by atoms with Gasteiger partial charge in [0.25, 0.3) is 15.9 Å². The van der Waals surface area contributed by atoms with E-state index in [4.69, 9.17) is 4.74 Å². The van der Waals surface area contributed by atoms with Crippen molar-refractivity contribution in [2.24, 2.45) is 0 Å². The largest absolute Gasteiger partial charge is 0.489 e. The van der Waals surface area contributed by atoms with Gasteiger partial charge in [0.1, 0.15) is 16.7 Å². The second-order valence-electron chi connectivity index (χ2n) is 7.18. The number of hydrogen-bond acceptors (Lipinski definition) is 5. The number of rotatable bonds is 7. The zero-order valence-corrected chi connectivity index (χ0v) is 17.7. The fourth-order valence-electron chi connectivity index (χ4n) is 3.74. The van der Waals surface area contributed by atoms with Crippen molar-refractivity contribution in [2.45, 2.75) is 36.7 Å². The molecule has 0 saturated carbocycles. The smallest absolute Gasteiger partial charge is 0.269 e. The Hall–Kier alpha value is -2.09. The molecule has 6 nitrogen and oxygen atoms in total. The highest BCUT2D eigenvalue weighted by Crippen LogP contribution is 2.30. The van der Waals surface area contributed by atoms with Gasteiger partial charge in [0.05, 0.1) is 5.56 Å². The van der Waals surface area contributed by atoms with Crippen LogP contribution >= 0.6 is 12.4 Å². The number of carbonyl (C=O) groups excluding carboxylic acids is 1. The standard InChI is InChI=1S/C21H24N2O4S.ClH/c24-21-18-8-2-4-10-20(18)28(25,26)23(21)14-6-5-13-22-15-17-12-11-16-7-1-3-9-19(16)27-17;/h1-4,7-10,17,22H,5-6,11-15H2;1H/t17-;/m1./s1. The molecule has 156 valence electrons. The second-order valence-corrected chi connectivity index (χ2v) is 9.01. The van der Waals surface area contributed by atoms with Gasteiger partial charge in [0.2, 0.25) is 0 Å². The summed E-state index contributed by atoms with van der Waals surface area (Å²) in [4.78, 5) is 12.5. The van der Waals surface area contributed by atoms with Crippen LogP contribution in [0.3, 0.4) is 0 Å². The summed E-state index contributed by atoms with van der Waals surface area (Å²) in [5.41, 5.74) is 1.53. The maximum atomic E-state index is 12.5. The number of nitrogens with one attached hydrogen (secondary N) is 1. The minimum absolute atomic E-state index is 0. The second kappa shape index (κ2) is 9.15. The lowest BCUT2D eigenvalue weighted by Crippen LogP contribution is -2.35. The van der Waals surface area contributed by atoms with E-state index < -0.39 is 15.9 Å². The van der Waals surface area contributed by atoms with Crippen molar-refractivity contribution in [3.8, 4) is 5.75 Å². The summed E-state index contributed by atoms with van der Waals surface area (Å²) in [7, 11) is -3.69. The number of aryl methyl sites for hydroxylation is 1. The molecule has 0 bridgehead atoms. The first-order valence-corrected chi connectivity index (χ1v) is 11.1. The molecule has 0 aliphatic carbocycles. The number of fused-ring (bicyclic) bond motifs is 2. The molecule has 1 atom stereocenters. The fourth-order valence-corrected chi connectivity index (χ4v) is 5.35. The van der Waals surface area contributed by atoms with E-state index in [0.717, 1.165) is 42.4 Å². The van der Waals surface area contributed by atoms with E-state index in [1.807, 2.05) is 18.2 Å². The van der Waals surface area contributed by atoms with E-state index in [2.05, 4.69) is 11.4 Å². The molecule has 0 aromatic heterocycles. The molecule has 0 saturated heterocycles. The third-order valence-electron chi connectivity index (χ3n) is 5.25. The zero-order chi connectivity index (χ0) is 19.6. The number of benzene rings is 2. The average Bonchev–Trinajstić information content (AvgIpc) is 2.91. The van der Waals surface area contributed by atoms with Gasteiger partial charge in [-0.3, -0.25) is 4.79 Å². The SMILES string of the molecule is Cl.O=C1c2ccccc2S(=O)(=O)N1CCCCNC[C@H]1CCc2ccccc2O1. The van der Waals surface area contributed by atoms with Gasteiger partial charge in [-0.1, -0.05) is 30.3 Å². The third kappa shape index (κ3) is 4.42. The van der Waals surface area contributed by atoms with Crippen molar-refractivity contribution in [2.75, 3.05) is 19.6 Å². The summed E-state index contributed by atoms with van der Waals surface area (Å²) >= 11 is 0. The molecule has 29 heavy (non-hydrogen) atoms. The molecular formula is C21H25ClN2O4S. The number of carbonyl (C=O) groups is 1. The highest BCUT2D eigenvalue weighted by Gasteiger charge is 2.40. The van der Waals surface area contributed by atoms with Crippen LogP contribution in [0.5, 0.6) is 5.75 Å². The molecule has 0 radical (unpaired) electrons. The van der Waals surface area contributed by atoms with Gasteiger partial charge in [-0.05, 0) is 56.0 Å². The number of sulfonamides is 1. The quantitative estimate of drug-likeness (QED) is 0.675. The first-order chi connectivity index (χ1) is 13.6. The lowest BCUT2D eigenvalue weighted by atomic mass is 10.0. The normalized spacial score (nSPS) is 19.1. The third-order valence-corrected chi connectivity index (χ3v) is 7.09. The van der Waals surface area contributed by atoms with Crippen molar-refractivity contribution >= 4 is 28.3 Å². The maximum absolute atomic E-state index is 12.5. The van der Waals surface area contributed by atoms with Crippen LogP contribution in [-0.4, -0.2) is 44.4 Å². The van der Waals surface area contributed by atoms with Crippen LogP contribution in [0.4, 0.5) is 0 Å². The summed E-state index contributed by atoms with van der Waals surface area (Å²) in [6.07, 6.45) is 3.59. The van der Waals surface area contributed by atoms with Crippen LogP contribution in [0.25, 0.3) is 0 Å². The predicted octanol–water partition coefficient (Wildman–Crippen LogP) is 3.02. The molecule has 2 aliphatic rings. The predicted molar refractivity (Wildman–Crippen MR) is 113 cm³/mol. The van der Waals surface area contributed by atoms with E-state index >= 15 is 0 Å². The monoisotopic (exact) mass is 436 g/mol. The molecule has 8 heteroatoms. The van der Waals surface area contributed by atoms with Crippen molar-refractivity contribution in [3.63, 3.8) is 0 Å². The molecule has 0 unspecified atom stereocenters. The molecule has 1 amide bonds. The summed E-state index contributed by atoms with van der Waals surface area (Å²) in [5.74, 6) is 0.552. The summed E-state index contributed by atoms with van der Waals surface area (Å²) < 4.78 is 32.0. The van der Waals surface area contributed by atoms with Gasteiger partial charge in [-0.2, -0.15) is 0 Å². The van der Waals surface area contributed by atoms with Gasteiger partial charge in [-0.25, -0.2) is 12.7 Å². The molecule has 4 rings (SSSR count).